The molecule has 4 aromatic rings. The van der Waals surface area contributed by atoms with Crippen molar-refractivity contribution >= 4 is 23.5 Å². The van der Waals surface area contributed by atoms with Crippen LogP contribution in [-0.2, 0) is 28.5 Å². The van der Waals surface area contributed by atoms with Gasteiger partial charge in [0.25, 0.3) is 0 Å². The molecule has 2 aromatic heterocycles. The lowest BCUT2D eigenvalue weighted by Crippen LogP contribution is -2.57. The average Bonchev–Trinajstić information content (AvgIpc) is 3.17. The van der Waals surface area contributed by atoms with Crippen molar-refractivity contribution in [2.75, 3.05) is 13.2 Å². The zero-order valence-electron chi connectivity index (χ0n) is 29.7. The molecule has 16 nitrogen and oxygen atoms in total. The number of aliphatic hydroxyl groups excluding tert-OH is 6. The van der Waals surface area contributed by atoms with Crippen LogP contribution >= 0.6 is 11.6 Å². The summed E-state index contributed by atoms with van der Waals surface area (Å²) in [5.41, 5.74) is 0.995. The molecule has 55 heavy (non-hydrogen) atoms. The van der Waals surface area contributed by atoms with Gasteiger partial charge in [-0.05, 0) is 59.7 Å². The van der Waals surface area contributed by atoms with Crippen LogP contribution in [0, 0.1) is 0 Å². The highest BCUT2D eigenvalue weighted by Gasteiger charge is 2.47. The number of phenols is 1. The highest BCUT2D eigenvalue weighted by molar-refractivity contribution is 6.30. The molecule has 0 spiro atoms. The summed E-state index contributed by atoms with van der Waals surface area (Å²) in [5, 5.41) is 70.1. The van der Waals surface area contributed by atoms with Gasteiger partial charge in [-0.3, -0.25) is 19.6 Å². The van der Waals surface area contributed by atoms with Crippen molar-refractivity contribution in [1.82, 2.24) is 9.97 Å². The number of phenolic OH excluding ortho intramolecular Hbond substituents is 1. The number of halogens is 1. The first-order valence-corrected chi connectivity index (χ1v) is 17.3. The summed E-state index contributed by atoms with van der Waals surface area (Å²) in [7, 11) is 0. The lowest BCUT2D eigenvalue weighted by molar-refractivity contribution is -0.242. The average molecular weight is 787 g/mol. The third-order valence-electron chi connectivity index (χ3n) is 8.24. The number of carbonyl (C=O) groups excluding carboxylic acids is 2. The molecule has 10 atom stereocenters. The highest BCUT2D eigenvalue weighted by atomic mass is 35.5. The molecule has 2 saturated heterocycles. The maximum absolute atomic E-state index is 11.2. The zero-order chi connectivity index (χ0) is 40.1. The molecule has 2 aliphatic rings. The van der Waals surface area contributed by atoms with Crippen molar-refractivity contribution in [2.24, 2.45) is 0 Å². The smallest absolute Gasteiger partial charge is 0.303 e. The Bertz CT molecular complexity index is 1790. The van der Waals surface area contributed by atoms with E-state index in [0.717, 1.165) is 11.9 Å². The van der Waals surface area contributed by atoms with Gasteiger partial charge in [0.1, 0.15) is 78.8 Å². The largest absolute Gasteiger partial charge is 0.508 e. The van der Waals surface area contributed by atoms with Gasteiger partial charge in [0.2, 0.25) is 0 Å². The Hall–Kier alpha value is -4.75. The van der Waals surface area contributed by atoms with Crippen LogP contribution in [0.15, 0.2) is 97.6 Å². The minimum absolute atomic E-state index is 0.0311. The number of aromatic nitrogens is 2. The van der Waals surface area contributed by atoms with Crippen LogP contribution in [0.5, 0.6) is 17.2 Å². The number of nitrogens with zero attached hydrogens (tertiary/aromatic N) is 2. The Kier molecular flexibility index (Phi) is 16.3. The molecule has 2 fully saturated rings. The number of esters is 2. The number of ether oxygens (including phenoxy) is 5. The second-order valence-corrected chi connectivity index (χ2v) is 12.8. The van der Waals surface area contributed by atoms with E-state index < -0.39 is 79.6 Å². The Morgan fingerprint density at radius 2 is 1.25 bits per heavy atom. The summed E-state index contributed by atoms with van der Waals surface area (Å²) in [6, 6.07) is 19.8. The summed E-state index contributed by atoms with van der Waals surface area (Å²) in [5.74, 6) is -0.128. The summed E-state index contributed by atoms with van der Waals surface area (Å²) in [4.78, 5) is 29.9. The van der Waals surface area contributed by atoms with Gasteiger partial charge in [-0.1, -0.05) is 35.9 Å². The molecule has 4 heterocycles. The zero-order valence-corrected chi connectivity index (χ0v) is 30.4. The second kappa shape index (κ2) is 20.8. The van der Waals surface area contributed by atoms with Gasteiger partial charge >= 0.3 is 11.9 Å². The number of carbonyl (C=O) groups is 2. The molecular weight excluding hydrogens is 744 g/mol. The van der Waals surface area contributed by atoms with Crippen LogP contribution in [-0.4, -0.2) is 120 Å². The third kappa shape index (κ3) is 12.4. The van der Waals surface area contributed by atoms with E-state index in [4.69, 9.17) is 35.3 Å². The lowest BCUT2D eigenvalue weighted by Gasteiger charge is -2.42. The van der Waals surface area contributed by atoms with Crippen LogP contribution in [0.3, 0.4) is 0 Å². The number of pyridine rings is 2. The van der Waals surface area contributed by atoms with E-state index in [9.17, 15) is 45.3 Å². The van der Waals surface area contributed by atoms with E-state index in [1.165, 1.54) is 19.1 Å². The van der Waals surface area contributed by atoms with Gasteiger partial charge < -0.3 is 59.4 Å². The number of rotatable bonds is 8. The maximum Gasteiger partial charge on any atom is 0.303 e. The van der Waals surface area contributed by atoms with E-state index in [1.807, 2.05) is 0 Å². The van der Waals surface area contributed by atoms with Crippen LogP contribution < -0.4 is 4.74 Å². The molecule has 0 aliphatic carbocycles. The van der Waals surface area contributed by atoms with E-state index >= 15 is 0 Å². The summed E-state index contributed by atoms with van der Waals surface area (Å²) in [6.07, 6.45) is -5.41. The van der Waals surface area contributed by atoms with Crippen molar-refractivity contribution in [3.05, 3.63) is 114 Å². The standard InChI is InChI=1S/C17H19NO6.C16H20O8.C5H4ClN/c19-9-13-14(20)15(21)16(22)17(24-13)10-2-1-3-12(8-10)23-11-4-6-18-7-5-11;1-8(17)22-7-12-16(23-9(2)18)14(21)13(20)15(24-12)10-4-3-5-11(19)6-10;6-5-1-3-7-4-2-5/h1-8,13-17,19-22H,9H2;3-6,12-16,19-21H,7H2,1-2H3;1-4H/t13-,14-,15+,16+,17?;12-,13+,14-,15?,16-;/m11./s1. The predicted octanol–water partition coefficient (Wildman–Crippen LogP) is 2.17. The third-order valence-corrected chi connectivity index (χ3v) is 8.49. The molecule has 0 amide bonds. The Balaban J connectivity index is 0.000000208. The van der Waals surface area contributed by atoms with Crippen LogP contribution in [0.4, 0.5) is 0 Å². The Morgan fingerprint density at radius 1 is 0.691 bits per heavy atom. The SMILES string of the molecule is CC(=O)OC[C@H]1OC(c2cccc(O)c2)[C@@H](O)[C@@H](O)[C@@H]1OC(C)=O.Clc1ccncc1.OC[C@H]1OC(c2cccc(Oc3ccncc3)c2)[C@@H](O)[C@@H](O)[C@@H]1O. The summed E-state index contributed by atoms with van der Waals surface area (Å²) >= 11 is 5.50. The van der Waals surface area contributed by atoms with Crippen LogP contribution in [0.25, 0.3) is 0 Å². The normalized spacial score (nSPS) is 27.2. The van der Waals surface area contributed by atoms with Gasteiger partial charge in [-0.2, -0.15) is 0 Å². The Labute approximate surface area is 321 Å². The maximum atomic E-state index is 11.2. The quantitative estimate of drug-likeness (QED) is 0.127. The van der Waals surface area contributed by atoms with Gasteiger partial charge in [-0.25, -0.2) is 0 Å². The van der Waals surface area contributed by atoms with Gasteiger partial charge in [0.05, 0.1) is 6.61 Å². The predicted molar refractivity (Wildman–Crippen MR) is 193 cm³/mol. The minimum atomic E-state index is -1.45. The fourth-order valence-corrected chi connectivity index (χ4v) is 5.71. The first-order chi connectivity index (χ1) is 26.3. The number of benzene rings is 2. The van der Waals surface area contributed by atoms with Crippen molar-refractivity contribution in [2.45, 2.75) is 74.9 Å². The van der Waals surface area contributed by atoms with E-state index in [0.29, 0.717) is 22.6 Å². The van der Waals surface area contributed by atoms with E-state index in [2.05, 4.69) is 9.97 Å². The first-order valence-electron chi connectivity index (χ1n) is 16.9. The number of aromatic hydroxyl groups is 1. The van der Waals surface area contributed by atoms with Gasteiger partial charge in [0.15, 0.2) is 6.10 Å². The van der Waals surface area contributed by atoms with E-state index in [-0.39, 0.29) is 12.4 Å². The van der Waals surface area contributed by atoms with Crippen LogP contribution in [0.1, 0.15) is 37.2 Å². The molecular formula is C38H43ClN2O14. The number of hydrogen-bond acceptors (Lipinski definition) is 16. The molecule has 2 aliphatic heterocycles. The topological polar surface area (TPSA) is 248 Å². The molecule has 2 aromatic carbocycles. The Morgan fingerprint density at radius 3 is 1.80 bits per heavy atom. The molecule has 0 bridgehead atoms. The monoisotopic (exact) mass is 786 g/mol. The molecule has 0 radical (unpaired) electrons. The summed E-state index contributed by atoms with van der Waals surface area (Å²) in [6.45, 7) is 1.64. The van der Waals surface area contributed by atoms with E-state index in [1.54, 1.807) is 85.5 Å². The van der Waals surface area contributed by atoms with Gasteiger partial charge in [0, 0.05) is 43.7 Å². The van der Waals surface area contributed by atoms with Crippen molar-refractivity contribution < 1.29 is 69.0 Å². The molecule has 6 rings (SSSR count). The van der Waals surface area contributed by atoms with Gasteiger partial charge in [-0.15, -0.1) is 0 Å². The van der Waals surface area contributed by atoms with Crippen molar-refractivity contribution in [3.63, 3.8) is 0 Å². The fourth-order valence-electron chi connectivity index (χ4n) is 5.60. The molecule has 0 saturated carbocycles. The first kappa shape index (κ1) is 43.0. The second-order valence-electron chi connectivity index (χ2n) is 12.3. The van der Waals surface area contributed by atoms with Crippen molar-refractivity contribution in [1.29, 1.82) is 0 Å². The number of hydrogen-bond donors (Lipinski definition) is 7. The lowest BCUT2D eigenvalue weighted by atomic mass is 9.91. The minimum Gasteiger partial charge on any atom is -0.508 e. The molecule has 296 valence electrons. The fraction of sp³-hybridized carbons (Fsp3) is 0.368. The van der Waals surface area contributed by atoms with Crippen LogP contribution in [0.2, 0.25) is 5.02 Å². The molecule has 2 unspecified atom stereocenters. The molecule has 7 N–H and O–H groups in total. The summed E-state index contributed by atoms with van der Waals surface area (Å²) < 4.78 is 26.9. The van der Waals surface area contributed by atoms with Crippen molar-refractivity contribution in [3.8, 4) is 17.2 Å². The highest BCUT2D eigenvalue weighted by Crippen LogP contribution is 2.36. The molecule has 17 heteroatoms. The number of aliphatic hydroxyl groups is 6.